The van der Waals surface area contributed by atoms with Gasteiger partial charge < -0.3 is 14.2 Å². The Balaban J connectivity index is 4.52. The van der Waals surface area contributed by atoms with Gasteiger partial charge in [0.05, 0.1) is 0 Å². The number of hydrogen-bond acceptors (Lipinski definition) is 6. The van der Waals surface area contributed by atoms with Crippen molar-refractivity contribution in [1.29, 1.82) is 0 Å². The van der Waals surface area contributed by atoms with E-state index in [1.54, 1.807) is 0 Å². The minimum Gasteiger partial charge on any atom is -0.462 e. The van der Waals surface area contributed by atoms with Gasteiger partial charge >= 0.3 is 17.9 Å². The van der Waals surface area contributed by atoms with Gasteiger partial charge in [0, 0.05) is 19.3 Å². The van der Waals surface area contributed by atoms with Gasteiger partial charge in [-0.25, -0.2) is 0 Å². The second kappa shape index (κ2) is 56.4. The van der Waals surface area contributed by atoms with Crippen molar-refractivity contribution in [3.05, 3.63) is 122 Å². The molecule has 0 heterocycles. The number of ether oxygens (including phenoxy) is 3. The Hall–Kier alpha value is -4.19. The Bertz CT molecular complexity index is 1470. The molecule has 0 aliphatic carbocycles. The monoisotopic (exact) mass is 955 g/mol. The molecule has 0 amide bonds. The second-order valence-corrected chi connectivity index (χ2v) is 18.1. The van der Waals surface area contributed by atoms with Gasteiger partial charge in [0.1, 0.15) is 13.2 Å². The van der Waals surface area contributed by atoms with E-state index in [0.717, 1.165) is 135 Å². The standard InChI is InChI=1S/C63H102O6/c1-4-7-10-13-16-19-22-25-28-30-31-33-35-38-41-44-47-50-53-56-62(65)68-59-60(58-67-61(64)55-52-49-46-43-40-37-34-27-24-21-18-15-12-9-6-3)69-63(66)57-54-51-48-45-42-39-36-32-29-26-23-20-17-14-11-8-5-2/h7-8,10-11,16-17,19-21,24-26,28-29,31,33,36,38-39,41,60H,4-6,9,12-15,18,22-23,27,30,32,34-35,37,40,42-59H2,1-3H3/b10-7-,11-8-,19-16-,20-17-,24-21-,28-25-,29-26-,33-31-,39-36-,41-38-/t60-/m0/s1. The van der Waals surface area contributed by atoms with Crippen LogP contribution in [0.1, 0.15) is 239 Å². The van der Waals surface area contributed by atoms with E-state index < -0.39 is 6.10 Å². The molecule has 6 nitrogen and oxygen atoms in total. The van der Waals surface area contributed by atoms with Crippen LogP contribution in [0.4, 0.5) is 0 Å². The molecule has 0 rings (SSSR count). The van der Waals surface area contributed by atoms with Crippen molar-refractivity contribution in [2.75, 3.05) is 13.2 Å². The summed E-state index contributed by atoms with van der Waals surface area (Å²) in [5, 5.41) is 0. The van der Waals surface area contributed by atoms with E-state index in [0.29, 0.717) is 12.8 Å². The normalized spacial score (nSPS) is 13.0. The summed E-state index contributed by atoms with van der Waals surface area (Å²) in [6.07, 6.45) is 77.5. The van der Waals surface area contributed by atoms with Crippen LogP contribution in [0.5, 0.6) is 0 Å². The number of carbonyl (C=O) groups is 3. The van der Waals surface area contributed by atoms with Crippen LogP contribution in [0.2, 0.25) is 0 Å². The predicted octanol–water partition coefficient (Wildman–Crippen LogP) is 18.9. The molecule has 0 aliphatic rings. The van der Waals surface area contributed by atoms with E-state index >= 15 is 0 Å². The molecule has 6 heteroatoms. The van der Waals surface area contributed by atoms with Crippen molar-refractivity contribution in [3.63, 3.8) is 0 Å². The Kier molecular flexibility index (Phi) is 53.0. The first kappa shape index (κ1) is 64.8. The van der Waals surface area contributed by atoms with Crippen LogP contribution >= 0.6 is 0 Å². The highest BCUT2D eigenvalue weighted by Crippen LogP contribution is 2.13. The van der Waals surface area contributed by atoms with Crippen LogP contribution in [0.25, 0.3) is 0 Å². The zero-order valence-electron chi connectivity index (χ0n) is 44.5. The third-order valence-corrected chi connectivity index (χ3v) is 11.4. The Morgan fingerprint density at radius 3 is 0.913 bits per heavy atom. The van der Waals surface area contributed by atoms with Crippen LogP contribution in [0, 0.1) is 0 Å². The number of hydrogen-bond donors (Lipinski definition) is 0. The molecule has 390 valence electrons. The van der Waals surface area contributed by atoms with Crippen LogP contribution in [-0.2, 0) is 28.6 Å². The van der Waals surface area contributed by atoms with Crippen molar-refractivity contribution in [2.24, 2.45) is 0 Å². The highest BCUT2D eigenvalue weighted by atomic mass is 16.6. The smallest absolute Gasteiger partial charge is 0.306 e. The lowest BCUT2D eigenvalue weighted by atomic mass is 10.1. The molecule has 0 spiro atoms. The molecule has 0 aliphatic heterocycles. The van der Waals surface area contributed by atoms with Crippen LogP contribution in [0.3, 0.4) is 0 Å². The maximum Gasteiger partial charge on any atom is 0.306 e. The molecule has 0 bridgehead atoms. The lowest BCUT2D eigenvalue weighted by Gasteiger charge is -2.18. The molecule has 0 fully saturated rings. The zero-order chi connectivity index (χ0) is 50.0. The quantitative estimate of drug-likeness (QED) is 0.0262. The molecule has 0 radical (unpaired) electrons. The van der Waals surface area contributed by atoms with Crippen molar-refractivity contribution >= 4 is 17.9 Å². The molecule has 0 aromatic carbocycles. The molecule has 0 aromatic rings. The third-order valence-electron chi connectivity index (χ3n) is 11.4. The van der Waals surface area contributed by atoms with Gasteiger partial charge in [-0.1, -0.05) is 213 Å². The van der Waals surface area contributed by atoms with Crippen molar-refractivity contribution in [3.8, 4) is 0 Å². The first-order chi connectivity index (χ1) is 34.0. The van der Waals surface area contributed by atoms with Crippen LogP contribution < -0.4 is 0 Å². The third kappa shape index (κ3) is 54.6. The van der Waals surface area contributed by atoms with Gasteiger partial charge in [0.2, 0.25) is 0 Å². The first-order valence-electron chi connectivity index (χ1n) is 28.0. The van der Waals surface area contributed by atoms with Crippen molar-refractivity contribution in [1.82, 2.24) is 0 Å². The average Bonchev–Trinajstić information content (AvgIpc) is 3.35. The number of unbranched alkanes of at least 4 members (excludes halogenated alkanes) is 18. The first-order valence-corrected chi connectivity index (χ1v) is 28.0. The summed E-state index contributed by atoms with van der Waals surface area (Å²) < 4.78 is 16.8. The molecule has 0 unspecified atom stereocenters. The Labute approximate surface area is 424 Å². The van der Waals surface area contributed by atoms with Gasteiger partial charge in [0.15, 0.2) is 6.10 Å². The Morgan fingerprint density at radius 1 is 0.304 bits per heavy atom. The molecular weight excluding hydrogens is 853 g/mol. The molecule has 0 saturated carbocycles. The van der Waals surface area contributed by atoms with E-state index in [9.17, 15) is 14.4 Å². The summed E-state index contributed by atoms with van der Waals surface area (Å²) in [6, 6.07) is 0. The van der Waals surface area contributed by atoms with Gasteiger partial charge in [0.25, 0.3) is 0 Å². The van der Waals surface area contributed by atoms with Crippen molar-refractivity contribution in [2.45, 2.75) is 245 Å². The fraction of sp³-hybridized carbons (Fsp3) is 0.635. The second-order valence-electron chi connectivity index (χ2n) is 18.1. The van der Waals surface area contributed by atoms with Crippen LogP contribution in [-0.4, -0.2) is 37.2 Å². The summed E-state index contributed by atoms with van der Waals surface area (Å²) in [5.41, 5.74) is 0. The van der Waals surface area contributed by atoms with Crippen LogP contribution in [0.15, 0.2) is 122 Å². The van der Waals surface area contributed by atoms with Gasteiger partial charge in [-0.15, -0.1) is 0 Å². The lowest BCUT2D eigenvalue weighted by molar-refractivity contribution is -0.167. The molecule has 0 aromatic heterocycles. The number of rotatable bonds is 49. The predicted molar refractivity (Wildman–Crippen MR) is 297 cm³/mol. The van der Waals surface area contributed by atoms with Gasteiger partial charge in [-0.05, 0) is 128 Å². The molecule has 0 saturated heterocycles. The summed E-state index contributed by atoms with van der Waals surface area (Å²) >= 11 is 0. The van der Waals surface area contributed by atoms with Crippen molar-refractivity contribution < 1.29 is 28.6 Å². The molecule has 1 atom stereocenters. The summed E-state index contributed by atoms with van der Waals surface area (Å²) in [4.78, 5) is 38.1. The maximum absolute atomic E-state index is 12.8. The summed E-state index contributed by atoms with van der Waals surface area (Å²) in [5.74, 6) is -0.969. The average molecular weight is 956 g/mol. The van der Waals surface area contributed by atoms with E-state index in [-0.39, 0.29) is 37.5 Å². The lowest BCUT2D eigenvalue weighted by Crippen LogP contribution is -2.30. The van der Waals surface area contributed by atoms with E-state index in [1.165, 1.54) is 64.2 Å². The SMILES string of the molecule is CC/C=C\C/C=C\C/C=C\C/C=C\C/C=C\CCCCCC(=O)OC[C@H](COC(=O)CCCCCCCCC/C=C\CCCCCC)OC(=O)CCCCCC/C=C\C/C=C\C/C=C\C/C=C\CC. The van der Waals surface area contributed by atoms with E-state index in [1.807, 2.05) is 0 Å². The summed E-state index contributed by atoms with van der Waals surface area (Å²) in [7, 11) is 0. The maximum atomic E-state index is 12.8. The van der Waals surface area contributed by atoms with Gasteiger partial charge in [-0.2, -0.15) is 0 Å². The zero-order valence-corrected chi connectivity index (χ0v) is 44.5. The Morgan fingerprint density at radius 2 is 0.565 bits per heavy atom. The molecular formula is C63H102O6. The number of carbonyl (C=O) groups excluding carboxylic acids is 3. The number of allylic oxidation sites excluding steroid dienone is 20. The minimum atomic E-state index is -0.810. The van der Waals surface area contributed by atoms with E-state index in [4.69, 9.17) is 14.2 Å². The highest BCUT2D eigenvalue weighted by Gasteiger charge is 2.19. The fourth-order valence-electron chi connectivity index (χ4n) is 7.28. The highest BCUT2D eigenvalue weighted by molar-refractivity contribution is 5.71. The molecule has 69 heavy (non-hydrogen) atoms. The van der Waals surface area contributed by atoms with E-state index in [2.05, 4.69) is 142 Å². The summed E-state index contributed by atoms with van der Waals surface area (Å²) in [6.45, 7) is 6.34. The molecule has 0 N–H and O–H groups in total. The topological polar surface area (TPSA) is 78.9 Å². The fourth-order valence-corrected chi connectivity index (χ4v) is 7.28. The van der Waals surface area contributed by atoms with Gasteiger partial charge in [-0.3, -0.25) is 14.4 Å². The minimum absolute atomic E-state index is 0.104. The number of esters is 3. The largest absolute Gasteiger partial charge is 0.462 e.